The Kier molecular flexibility index (Phi) is 2.66. The summed E-state index contributed by atoms with van der Waals surface area (Å²) in [6.07, 6.45) is 0. The number of rotatable bonds is 2. The number of hydrogen-bond acceptors (Lipinski definition) is 3. The molecule has 0 amide bonds. The highest BCUT2D eigenvalue weighted by molar-refractivity contribution is 6.35. The van der Waals surface area contributed by atoms with Crippen molar-refractivity contribution >= 4 is 17.6 Å². The van der Waals surface area contributed by atoms with Crippen LogP contribution in [-0.4, -0.2) is 16.2 Å². The van der Waals surface area contributed by atoms with Crippen LogP contribution in [0.1, 0.15) is 16.1 Å². The van der Waals surface area contributed by atoms with Gasteiger partial charge in [-0.1, -0.05) is 41.0 Å². The van der Waals surface area contributed by atoms with Crippen molar-refractivity contribution in [2.24, 2.45) is 0 Å². The Morgan fingerprint density at radius 2 is 2.12 bits per heavy atom. The number of benzene rings is 1. The maximum atomic E-state index is 10.7. The maximum Gasteiger partial charge on any atom is 0.359 e. The highest BCUT2D eigenvalue weighted by Crippen LogP contribution is 2.32. The number of aryl methyl sites for hydroxylation is 1. The van der Waals surface area contributed by atoms with Gasteiger partial charge in [0.1, 0.15) is 5.02 Å². The molecule has 1 aromatic carbocycles. The first-order chi connectivity index (χ1) is 7.61. The third-order valence-electron chi connectivity index (χ3n) is 2.23. The Morgan fingerprint density at radius 1 is 1.44 bits per heavy atom. The Labute approximate surface area is 96.4 Å². The zero-order valence-corrected chi connectivity index (χ0v) is 9.15. The molecule has 0 saturated heterocycles. The molecule has 0 aliphatic heterocycles. The summed E-state index contributed by atoms with van der Waals surface area (Å²) in [6, 6.07) is 7.38. The van der Waals surface area contributed by atoms with Crippen molar-refractivity contribution in [2.75, 3.05) is 0 Å². The standard InChI is InChI=1S/C11H8ClNO3/c1-6-4-2-3-5-7(6)10-8(12)9(11(14)15)13-16-10/h2-5H,1H3,(H,14,15). The lowest BCUT2D eigenvalue weighted by Gasteiger charge is -2.00. The van der Waals surface area contributed by atoms with Gasteiger partial charge < -0.3 is 9.63 Å². The van der Waals surface area contributed by atoms with Crippen molar-refractivity contribution in [3.05, 3.63) is 40.5 Å². The number of carboxylic acids is 1. The Bertz CT molecular complexity index is 548. The van der Waals surface area contributed by atoms with Crippen LogP contribution in [0, 0.1) is 6.92 Å². The lowest BCUT2D eigenvalue weighted by atomic mass is 10.1. The molecule has 0 aliphatic carbocycles. The summed E-state index contributed by atoms with van der Waals surface area (Å²) < 4.78 is 4.96. The van der Waals surface area contributed by atoms with Crippen LogP contribution in [0.3, 0.4) is 0 Å². The summed E-state index contributed by atoms with van der Waals surface area (Å²) in [5.74, 6) is -0.911. The molecule has 0 bridgehead atoms. The van der Waals surface area contributed by atoms with Gasteiger partial charge in [0.15, 0.2) is 5.76 Å². The summed E-state index contributed by atoms with van der Waals surface area (Å²) in [4.78, 5) is 10.7. The van der Waals surface area contributed by atoms with Crippen LogP contribution in [0.5, 0.6) is 0 Å². The van der Waals surface area contributed by atoms with Crippen LogP contribution < -0.4 is 0 Å². The smallest absolute Gasteiger partial charge is 0.359 e. The van der Waals surface area contributed by atoms with Gasteiger partial charge >= 0.3 is 5.97 Å². The molecule has 0 spiro atoms. The van der Waals surface area contributed by atoms with E-state index in [0.717, 1.165) is 11.1 Å². The van der Waals surface area contributed by atoms with E-state index in [9.17, 15) is 4.79 Å². The van der Waals surface area contributed by atoms with Gasteiger partial charge in [0.25, 0.3) is 0 Å². The fraction of sp³-hybridized carbons (Fsp3) is 0.0909. The summed E-state index contributed by atoms with van der Waals surface area (Å²) in [6.45, 7) is 1.88. The Hall–Kier alpha value is -1.81. The molecular formula is C11H8ClNO3. The molecule has 1 aromatic heterocycles. The van der Waals surface area contributed by atoms with Gasteiger partial charge in [0.2, 0.25) is 5.69 Å². The van der Waals surface area contributed by atoms with Gasteiger partial charge in [-0.15, -0.1) is 0 Å². The molecule has 1 N–H and O–H groups in total. The van der Waals surface area contributed by atoms with Gasteiger partial charge in [-0.3, -0.25) is 0 Å². The predicted molar refractivity (Wildman–Crippen MR) is 58.6 cm³/mol. The zero-order valence-electron chi connectivity index (χ0n) is 8.40. The second-order valence-electron chi connectivity index (χ2n) is 3.29. The zero-order chi connectivity index (χ0) is 11.7. The lowest BCUT2D eigenvalue weighted by molar-refractivity contribution is 0.0686. The second-order valence-corrected chi connectivity index (χ2v) is 3.67. The van der Waals surface area contributed by atoms with E-state index in [0.29, 0.717) is 0 Å². The summed E-state index contributed by atoms with van der Waals surface area (Å²) in [7, 11) is 0. The van der Waals surface area contributed by atoms with Crippen LogP contribution in [0.15, 0.2) is 28.8 Å². The van der Waals surface area contributed by atoms with Gasteiger partial charge in [-0.05, 0) is 12.5 Å². The van der Waals surface area contributed by atoms with Crippen LogP contribution >= 0.6 is 11.6 Å². The normalized spacial score (nSPS) is 10.4. The summed E-state index contributed by atoms with van der Waals surface area (Å²) >= 11 is 5.89. The molecule has 16 heavy (non-hydrogen) atoms. The number of nitrogens with zero attached hydrogens (tertiary/aromatic N) is 1. The minimum Gasteiger partial charge on any atom is -0.476 e. The minimum atomic E-state index is -1.20. The van der Waals surface area contributed by atoms with Crippen molar-refractivity contribution < 1.29 is 14.4 Å². The first kappa shape index (κ1) is 10.7. The summed E-state index contributed by atoms with van der Waals surface area (Å²) in [5, 5.41) is 12.2. The molecule has 0 unspecified atom stereocenters. The third-order valence-corrected chi connectivity index (χ3v) is 2.58. The van der Waals surface area contributed by atoms with Gasteiger partial charge in [-0.25, -0.2) is 4.79 Å². The van der Waals surface area contributed by atoms with Crippen LogP contribution in [-0.2, 0) is 0 Å². The monoisotopic (exact) mass is 237 g/mol. The largest absolute Gasteiger partial charge is 0.476 e. The van der Waals surface area contributed by atoms with E-state index >= 15 is 0 Å². The van der Waals surface area contributed by atoms with Gasteiger partial charge in [0.05, 0.1) is 0 Å². The van der Waals surface area contributed by atoms with E-state index in [1.54, 1.807) is 6.07 Å². The number of halogens is 1. The fourth-order valence-electron chi connectivity index (χ4n) is 1.41. The van der Waals surface area contributed by atoms with Crippen LogP contribution in [0.25, 0.3) is 11.3 Å². The number of aromatic carboxylic acids is 1. The molecule has 0 saturated carbocycles. The highest BCUT2D eigenvalue weighted by Gasteiger charge is 2.21. The van der Waals surface area contributed by atoms with Gasteiger partial charge in [0, 0.05) is 5.56 Å². The number of hydrogen-bond donors (Lipinski definition) is 1. The Balaban J connectivity index is 2.58. The molecule has 5 heteroatoms. The molecule has 0 atom stereocenters. The van der Waals surface area contributed by atoms with E-state index in [-0.39, 0.29) is 16.5 Å². The molecule has 1 heterocycles. The first-order valence-corrected chi connectivity index (χ1v) is 4.93. The number of carbonyl (C=O) groups is 1. The van der Waals surface area contributed by atoms with Crippen molar-refractivity contribution in [1.82, 2.24) is 5.16 Å². The Morgan fingerprint density at radius 3 is 2.69 bits per heavy atom. The lowest BCUT2D eigenvalue weighted by Crippen LogP contribution is -1.96. The number of carboxylic acid groups (broad SMARTS) is 1. The molecule has 2 aromatic rings. The molecule has 4 nitrogen and oxygen atoms in total. The van der Waals surface area contributed by atoms with Crippen molar-refractivity contribution in [2.45, 2.75) is 6.92 Å². The fourth-order valence-corrected chi connectivity index (χ4v) is 1.66. The average Bonchev–Trinajstić information content (AvgIpc) is 2.61. The van der Waals surface area contributed by atoms with E-state index < -0.39 is 5.97 Å². The molecular weight excluding hydrogens is 230 g/mol. The topological polar surface area (TPSA) is 63.3 Å². The van der Waals surface area contributed by atoms with Crippen LogP contribution in [0.4, 0.5) is 0 Å². The second kappa shape index (κ2) is 3.98. The van der Waals surface area contributed by atoms with E-state index in [2.05, 4.69) is 5.16 Å². The maximum absolute atomic E-state index is 10.7. The molecule has 0 fully saturated rings. The van der Waals surface area contributed by atoms with Crippen LogP contribution in [0.2, 0.25) is 5.02 Å². The molecule has 2 rings (SSSR count). The van der Waals surface area contributed by atoms with E-state index in [1.807, 2.05) is 25.1 Å². The molecule has 82 valence electrons. The van der Waals surface area contributed by atoms with E-state index in [1.165, 1.54) is 0 Å². The predicted octanol–water partition coefficient (Wildman–Crippen LogP) is 3.00. The molecule has 0 radical (unpaired) electrons. The quantitative estimate of drug-likeness (QED) is 0.872. The summed E-state index contributed by atoms with van der Waals surface area (Å²) in [5.41, 5.74) is 1.42. The highest BCUT2D eigenvalue weighted by atomic mass is 35.5. The van der Waals surface area contributed by atoms with E-state index in [4.69, 9.17) is 21.2 Å². The average molecular weight is 238 g/mol. The number of aromatic nitrogens is 1. The first-order valence-electron chi connectivity index (χ1n) is 4.55. The van der Waals surface area contributed by atoms with Crippen molar-refractivity contribution in [3.63, 3.8) is 0 Å². The molecule has 0 aliphatic rings. The minimum absolute atomic E-state index is 0.0294. The van der Waals surface area contributed by atoms with Crippen molar-refractivity contribution in [1.29, 1.82) is 0 Å². The SMILES string of the molecule is Cc1ccccc1-c1onc(C(=O)O)c1Cl. The van der Waals surface area contributed by atoms with Crippen molar-refractivity contribution in [3.8, 4) is 11.3 Å². The third kappa shape index (κ3) is 1.67. The van der Waals surface area contributed by atoms with Gasteiger partial charge in [-0.2, -0.15) is 0 Å².